The van der Waals surface area contributed by atoms with Crippen LogP contribution in [0.2, 0.25) is 5.02 Å². The summed E-state index contributed by atoms with van der Waals surface area (Å²) < 4.78 is 27.6. The van der Waals surface area contributed by atoms with Gasteiger partial charge >= 0.3 is 0 Å². The molecular weight excluding hydrogens is 446 g/mol. The van der Waals surface area contributed by atoms with Gasteiger partial charge in [-0.3, -0.25) is 9.69 Å². The van der Waals surface area contributed by atoms with Crippen molar-refractivity contribution in [3.05, 3.63) is 101 Å². The zero-order valence-electron chi connectivity index (χ0n) is 17.2. The van der Waals surface area contributed by atoms with E-state index >= 15 is 0 Å². The van der Waals surface area contributed by atoms with Gasteiger partial charge < -0.3 is 5.73 Å². The van der Waals surface area contributed by atoms with Crippen LogP contribution in [-0.2, 0) is 11.2 Å². The Morgan fingerprint density at radius 3 is 2.39 bits per heavy atom. The minimum absolute atomic E-state index is 0.123. The zero-order valence-corrected chi connectivity index (χ0v) is 17.9. The molecule has 1 atom stereocenters. The van der Waals surface area contributed by atoms with Gasteiger partial charge in [-0.25, -0.2) is 18.7 Å². The Balaban J connectivity index is 1.62. The molecule has 2 N–H and O–H groups in total. The molecule has 1 aliphatic rings. The molecule has 8 heteroatoms. The molecule has 1 unspecified atom stereocenters. The summed E-state index contributed by atoms with van der Waals surface area (Å²) in [5.74, 6) is -1.77. The van der Waals surface area contributed by atoms with E-state index in [2.05, 4.69) is 9.97 Å². The number of amides is 1. The Kier molecular flexibility index (Phi) is 5.26. The number of carbonyl (C=O) groups is 1. The molecule has 0 radical (unpaired) electrons. The number of nitrogens with two attached hydrogens (primary N) is 1. The van der Waals surface area contributed by atoms with Crippen LogP contribution in [0, 0.1) is 11.6 Å². The molecule has 0 fully saturated rings. The summed E-state index contributed by atoms with van der Waals surface area (Å²) in [7, 11) is 0. The normalized spacial score (nSPS) is 15.1. The quantitative estimate of drug-likeness (QED) is 0.424. The van der Waals surface area contributed by atoms with Crippen LogP contribution in [0.5, 0.6) is 0 Å². The Morgan fingerprint density at radius 2 is 1.70 bits per heavy atom. The number of fused-ring (bicyclic) bond motifs is 1. The fraction of sp³-hybridized carbons (Fsp3) is 0.0800. The summed E-state index contributed by atoms with van der Waals surface area (Å²) in [4.78, 5) is 23.3. The monoisotopic (exact) mass is 462 g/mol. The van der Waals surface area contributed by atoms with Gasteiger partial charge in [-0.05, 0) is 65.1 Å². The lowest BCUT2D eigenvalue weighted by atomic mass is 9.91. The standard InChI is InChI=1S/C25H17ClF2N4O/c26-17-3-1-2-15(9-17)16-4-5-22-20(10-16)21(8-14-6-18(27)11-19(28)7-14)25(33)32(22)24-13-30-23(29)12-31-24/h1-7,9-13,21H,8H2,(H2,29,30). The van der Waals surface area contributed by atoms with Gasteiger partial charge in [0.1, 0.15) is 17.5 Å². The van der Waals surface area contributed by atoms with Crippen molar-refractivity contribution in [3.8, 4) is 11.1 Å². The van der Waals surface area contributed by atoms with Crippen LogP contribution in [-0.4, -0.2) is 15.9 Å². The number of nitrogens with zero attached hydrogens (tertiary/aromatic N) is 3. The highest BCUT2D eigenvalue weighted by molar-refractivity contribution is 6.30. The molecule has 0 saturated heterocycles. The Bertz CT molecular complexity index is 1360. The Hall–Kier alpha value is -3.84. The van der Waals surface area contributed by atoms with Crippen molar-refractivity contribution in [1.82, 2.24) is 9.97 Å². The summed E-state index contributed by atoms with van der Waals surface area (Å²) in [6, 6.07) is 16.3. The molecule has 0 saturated carbocycles. The number of nitrogen functional groups attached to an aromatic ring is 1. The van der Waals surface area contributed by atoms with Crippen molar-refractivity contribution in [3.63, 3.8) is 0 Å². The van der Waals surface area contributed by atoms with Crippen LogP contribution in [0.1, 0.15) is 17.0 Å². The number of hydrogen-bond donors (Lipinski definition) is 1. The van der Waals surface area contributed by atoms with E-state index in [0.717, 1.165) is 22.8 Å². The van der Waals surface area contributed by atoms with E-state index in [4.69, 9.17) is 17.3 Å². The smallest absolute Gasteiger partial charge is 0.240 e. The fourth-order valence-corrected chi connectivity index (χ4v) is 4.33. The van der Waals surface area contributed by atoms with Crippen molar-refractivity contribution in [1.29, 1.82) is 0 Å². The van der Waals surface area contributed by atoms with E-state index in [1.54, 1.807) is 6.07 Å². The molecule has 1 amide bonds. The van der Waals surface area contributed by atoms with Crippen molar-refractivity contribution >= 4 is 34.8 Å². The van der Waals surface area contributed by atoms with Gasteiger partial charge in [-0.15, -0.1) is 0 Å². The summed E-state index contributed by atoms with van der Waals surface area (Å²) in [5, 5.41) is 0.592. The molecule has 0 spiro atoms. The average molecular weight is 463 g/mol. The first-order valence-electron chi connectivity index (χ1n) is 10.2. The zero-order chi connectivity index (χ0) is 23.1. The number of aromatic nitrogens is 2. The van der Waals surface area contributed by atoms with Crippen LogP contribution >= 0.6 is 11.6 Å². The topological polar surface area (TPSA) is 72.1 Å². The number of benzene rings is 3. The van der Waals surface area contributed by atoms with E-state index < -0.39 is 17.6 Å². The maximum Gasteiger partial charge on any atom is 0.240 e. The van der Waals surface area contributed by atoms with Gasteiger partial charge in [0.25, 0.3) is 0 Å². The first-order valence-corrected chi connectivity index (χ1v) is 10.5. The largest absolute Gasteiger partial charge is 0.382 e. The number of halogens is 3. The second-order valence-corrected chi connectivity index (χ2v) is 8.23. The minimum Gasteiger partial charge on any atom is -0.382 e. The maximum absolute atomic E-state index is 13.8. The Labute approximate surface area is 193 Å². The number of carbonyl (C=O) groups excluding carboxylic acids is 1. The van der Waals surface area contributed by atoms with Gasteiger partial charge in [-0.2, -0.15) is 0 Å². The minimum atomic E-state index is -0.690. The third kappa shape index (κ3) is 4.03. The molecule has 0 aliphatic carbocycles. The lowest BCUT2D eigenvalue weighted by Gasteiger charge is -2.17. The maximum atomic E-state index is 13.8. The summed E-state index contributed by atoms with van der Waals surface area (Å²) in [5.41, 5.74) is 9.14. The predicted molar refractivity (Wildman–Crippen MR) is 123 cm³/mol. The summed E-state index contributed by atoms with van der Waals surface area (Å²) >= 11 is 6.16. The molecule has 0 bridgehead atoms. The molecule has 1 aliphatic heterocycles. The average Bonchev–Trinajstić information content (AvgIpc) is 3.04. The van der Waals surface area contributed by atoms with Gasteiger partial charge in [0.15, 0.2) is 5.82 Å². The molecule has 1 aromatic heterocycles. The van der Waals surface area contributed by atoms with Gasteiger partial charge in [0, 0.05) is 11.1 Å². The predicted octanol–water partition coefficient (Wildman–Crippen LogP) is 5.66. The molecule has 2 heterocycles. The molecule has 5 rings (SSSR count). The Morgan fingerprint density at radius 1 is 0.939 bits per heavy atom. The van der Waals surface area contributed by atoms with Crippen molar-refractivity contribution in [2.75, 3.05) is 10.6 Å². The number of anilines is 3. The molecule has 3 aromatic carbocycles. The second-order valence-electron chi connectivity index (χ2n) is 7.79. The number of hydrogen-bond acceptors (Lipinski definition) is 4. The summed E-state index contributed by atoms with van der Waals surface area (Å²) in [6.45, 7) is 0. The van der Waals surface area contributed by atoms with Crippen LogP contribution in [0.4, 0.5) is 26.1 Å². The highest BCUT2D eigenvalue weighted by Gasteiger charge is 2.39. The highest BCUT2D eigenvalue weighted by Crippen LogP contribution is 2.44. The molecule has 4 aromatic rings. The molecule has 33 heavy (non-hydrogen) atoms. The van der Waals surface area contributed by atoms with Crippen molar-refractivity contribution < 1.29 is 13.6 Å². The SMILES string of the molecule is Nc1cnc(N2C(=O)C(Cc3cc(F)cc(F)c3)c3cc(-c4cccc(Cl)c4)ccc32)cn1. The first-order chi connectivity index (χ1) is 15.9. The van der Waals surface area contributed by atoms with Gasteiger partial charge in [-0.1, -0.05) is 29.8 Å². The van der Waals surface area contributed by atoms with Crippen LogP contribution in [0.25, 0.3) is 11.1 Å². The lowest BCUT2D eigenvalue weighted by Crippen LogP contribution is -2.25. The van der Waals surface area contributed by atoms with Crippen LogP contribution in [0.3, 0.4) is 0 Å². The second kappa shape index (κ2) is 8.26. The third-order valence-corrected chi connectivity index (χ3v) is 5.80. The summed E-state index contributed by atoms with van der Waals surface area (Å²) in [6.07, 6.45) is 2.92. The van der Waals surface area contributed by atoms with E-state index in [9.17, 15) is 13.6 Å². The first kappa shape index (κ1) is 21.0. The third-order valence-electron chi connectivity index (χ3n) is 5.57. The molecule has 164 valence electrons. The van der Waals surface area contributed by atoms with Crippen LogP contribution in [0.15, 0.2) is 73.1 Å². The van der Waals surface area contributed by atoms with E-state index in [0.29, 0.717) is 22.1 Å². The van der Waals surface area contributed by atoms with E-state index in [-0.39, 0.29) is 18.1 Å². The highest BCUT2D eigenvalue weighted by atomic mass is 35.5. The van der Waals surface area contributed by atoms with Gasteiger partial charge in [0.05, 0.1) is 24.0 Å². The molecular formula is C25H17ClF2N4O. The van der Waals surface area contributed by atoms with Crippen molar-refractivity contribution in [2.24, 2.45) is 0 Å². The number of rotatable bonds is 4. The van der Waals surface area contributed by atoms with Gasteiger partial charge in [0.2, 0.25) is 5.91 Å². The lowest BCUT2D eigenvalue weighted by molar-refractivity contribution is -0.118. The van der Waals surface area contributed by atoms with Crippen LogP contribution < -0.4 is 10.6 Å². The fourth-order valence-electron chi connectivity index (χ4n) is 4.14. The van der Waals surface area contributed by atoms with E-state index in [1.165, 1.54) is 29.4 Å². The van der Waals surface area contributed by atoms with Crippen molar-refractivity contribution in [2.45, 2.75) is 12.3 Å². The van der Waals surface area contributed by atoms with E-state index in [1.807, 2.05) is 36.4 Å². The molecule has 5 nitrogen and oxygen atoms in total.